The number of furan rings is 1. The summed E-state index contributed by atoms with van der Waals surface area (Å²) in [6, 6.07) is 3.83. The molecule has 0 N–H and O–H groups in total. The van der Waals surface area contributed by atoms with Crippen LogP contribution in [0.25, 0.3) is 0 Å². The van der Waals surface area contributed by atoms with Gasteiger partial charge in [0.25, 0.3) is 0 Å². The summed E-state index contributed by atoms with van der Waals surface area (Å²) in [5.74, 6) is 1.76. The molecular weight excluding hydrogens is 220 g/mol. The fourth-order valence-electron chi connectivity index (χ4n) is 0.825. The average molecular weight is 231 g/mol. The van der Waals surface area contributed by atoms with E-state index in [9.17, 15) is 0 Å². The minimum absolute atomic E-state index is 0.498. The summed E-state index contributed by atoms with van der Waals surface area (Å²) in [4.78, 5) is 0. The van der Waals surface area contributed by atoms with Crippen LogP contribution in [-0.4, -0.2) is 6.61 Å². The second-order valence-corrected chi connectivity index (χ2v) is 3.64. The Labute approximate surface area is 80.3 Å². The van der Waals surface area contributed by atoms with Gasteiger partial charge in [-0.1, -0.05) is 22.5 Å². The molecular formula is C9H11BrO2. The largest absolute Gasteiger partial charge is 0.464 e. The highest BCUT2D eigenvalue weighted by Gasteiger charge is 1.97. The van der Waals surface area contributed by atoms with Crippen LogP contribution in [0.5, 0.6) is 0 Å². The van der Waals surface area contributed by atoms with E-state index >= 15 is 0 Å². The quantitative estimate of drug-likeness (QED) is 0.794. The van der Waals surface area contributed by atoms with Crippen LogP contribution in [-0.2, 0) is 11.3 Å². The summed E-state index contributed by atoms with van der Waals surface area (Å²) < 4.78 is 11.4. The third-order valence-electron chi connectivity index (χ3n) is 1.30. The molecule has 0 aromatic carbocycles. The lowest BCUT2D eigenvalue weighted by atomic mass is 10.4. The highest BCUT2D eigenvalue weighted by atomic mass is 79.9. The van der Waals surface area contributed by atoms with Gasteiger partial charge in [0.1, 0.15) is 18.1 Å². The molecule has 0 radical (unpaired) electrons. The van der Waals surface area contributed by atoms with Crippen molar-refractivity contribution in [2.75, 3.05) is 6.61 Å². The van der Waals surface area contributed by atoms with Crippen molar-refractivity contribution in [2.45, 2.75) is 13.5 Å². The first kappa shape index (κ1) is 9.55. The number of rotatable bonds is 4. The summed E-state index contributed by atoms with van der Waals surface area (Å²) in [5.41, 5.74) is 0. The third kappa shape index (κ3) is 3.24. The van der Waals surface area contributed by atoms with E-state index in [0.29, 0.717) is 13.2 Å². The van der Waals surface area contributed by atoms with Crippen molar-refractivity contribution in [1.82, 2.24) is 0 Å². The Kier molecular flexibility index (Phi) is 3.56. The summed E-state index contributed by atoms with van der Waals surface area (Å²) in [5, 5.41) is 0. The average Bonchev–Trinajstić information content (AvgIpc) is 2.35. The second kappa shape index (κ2) is 4.48. The van der Waals surface area contributed by atoms with E-state index in [-0.39, 0.29) is 0 Å². The Morgan fingerprint density at radius 1 is 1.67 bits per heavy atom. The molecule has 3 heteroatoms. The number of halogens is 1. The molecule has 66 valence electrons. The topological polar surface area (TPSA) is 22.4 Å². The lowest BCUT2D eigenvalue weighted by Crippen LogP contribution is -1.92. The summed E-state index contributed by atoms with van der Waals surface area (Å²) in [6.45, 7) is 6.57. The SMILES string of the molecule is C=C(Br)COCc1ccc(C)o1. The molecule has 0 bridgehead atoms. The molecule has 0 atom stereocenters. The number of hydrogen-bond donors (Lipinski definition) is 0. The molecule has 0 aliphatic heterocycles. The fraction of sp³-hybridized carbons (Fsp3) is 0.333. The van der Waals surface area contributed by atoms with Crippen molar-refractivity contribution >= 4 is 15.9 Å². The summed E-state index contributed by atoms with van der Waals surface area (Å²) in [7, 11) is 0. The molecule has 12 heavy (non-hydrogen) atoms. The highest BCUT2D eigenvalue weighted by Crippen LogP contribution is 2.09. The first-order chi connectivity index (χ1) is 5.68. The molecule has 0 unspecified atom stereocenters. The zero-order valence-electron chi connectivity index (χ0n) is 6.97. The van der Waals surface area contributed by atoms with Crippen LogP contribution in [0.2, 0.25) is 0 Å². The van der Waals surface area contributed by atoms with Gasteiger partial charge in [-0.2, -0.15) is 0 Å². The first-order valence-corrected chi connectivity index (χ1v) is 4.44. The van der Waals surface area contributed by atoms with E-state index < -0.39 is 0 Å². The van der Waals surface area contributed by atoms with E-state index in [1.54, 1.807) is 0 Å². The Bertz CT molecular complexity index is 265. The predicted octanol–water partition coefficient (Wildman–Crippen LogP) is 3.01. The van der Waals surface area contributed by atoms with Crippen LogP contribution in [0.3, 0.4) is 0 Å². The van der Waals surface area contributed by atoms with Crippen LogP contribution in [0.1, 0.15) is 11.5 Å². The molecule has 2 nitrogen and oxygen atoms in total. The van der Waals surface area contributed by atoms with Crippen LogP contribution >= 0.6 is 15.9 Å². The smallest absolute Gasteiger partial charge is 0.129 e. The monoisotopic (exact) mass is 230 g/mol. The molecule has 1 aromatic heterocycles. The van der Waals surface area contributed by atoms with Gasteiger partial charge in [0.15, 0.2) is 0 Å². The van der Waals surface area contributed by atoms with Crippen molar-refractivity contribution in [3.63, 3.8) is 0 Å². The van der Waals surface area contributed by atoms with Gasteiger partial charge >= 0.3 is 0 Å². The van der Waals surface area contributed by atoms with Crippen molar-refractivity contribution in [3.8, 4) is 0 Å². The van der Waals surface area contributed by atoms with Crippen LogP contribution in [0.4, 0.5) is 0 Å². The standard InChI is InChI=1S/C9H11BrO2/c1-7(10)5-11-6-9-4-3-8(2)12-9/h3-4H,1,5-6H2,2H3. The lowest BCUT2D eigenvalue weighted by Gasteiger charge is -1.98. The van der Waals surface area contributed by atoms with Crippen molar-refractivity contribution in [3.05, 3.63) is 34.7 Å². The van der Waals surface area contributed by atoms with Gasteiger partial charge in [-0.3, -0.25) is 0 Å². The van der Waals surface area contributed by atoms with Gasteiger partial charge in [-0.05, 0) is 19.1 Å². The normalized spacial score (nSPS) is 10.2. The van der Waals surface area contributed by atoms with Crippen LogP contribution < -0.4 is 0 Å². The molecule has 0 fully saturated rings. The van der Waals surface area contributed by atoms with Crippen LogP contribution in [0.15, 0.2) is 27.6 Å². The van der Waals surface area contributed by atoms with E-state index in [4.69, 9.17) is 9.15 Å². The Balaban J connectivity index is 2.29. The highest BCUT2D eigenvalue weighted by molar-refractivity contribution is 9.11. The maximum atomic E-state index is 5.30. The summed E-state index contributed by atoms with van der Waals surface area (Å²) >= 11 is 3.20. The van der Waals surface area contributed by atoms with Gasteiger partial charge in [0.2, 0.25) is 0 Å². The fourth-order valence-corrected chi connectivity index (χ4v) is 0.987. The predicted molar refractivity (Wildman–Crippen MR) is 51.2 cm³/mol. The number of ether oxygens (including phenoxy) is 1. The molecule has 0 spiro atoms. The van der Waals surface area contributed by atoms with Crippen molar-refractivity contribution in [1.29, 1.82) is 0 Å². The Morgan fingerprint density at radius 2 is 2.42 bits per heavy atom. The van der Waals surface area contributed by atoms with Gasteiger partial charge < -0.3 is 9.15 Å². The van der Waals surface area contributed by atoms with E-state index in [1.807, 2.05) is 19.1 Å². The van der Waals surface area contributed by atoms with Gasteiger partial charge in [-0.25, -0.2) is 0 Å². The Morgan fingerprint density at radius 3 is 2.92 bits per heavy atom. The molecule has 0 aliphatic rings. The maximum Gasteiger partial charge on any atom is 0.129 e. The Hall–Kier alpha value is -0.540. The molecule has 1 aromatic rings. The first-order valence-electron chi connectivity index (χ1n) is 3.65. The third-order valence-corrected chi connectivity index (χ3v) is 1.53. The lowest BCUT2D eigenvalue weighted by molar-refractivity contribution is 0.129. The van der Waals surface area contributed by atoms with Crippen molar-refractivity contribution in [2.24, 2.45) is 0 Å². The number of hydrogen-bond acceptors (Lipinski definition) is 2. The molecule has 0 saturated carbocycles. The van der Waals surface area contributed by atoms with E-state index in [2.05, 4.69) is 22.5 Å². The molecule has 1 heterocycles. The zero-order valence-corrected chi connectivity index (χ0v) is 8.56. The van der Waals surface area contributed by atoms with Gasteiger partial charge in [0.05, 0.1) is 6.61 Å². The van der Waals surface area contributed by atoms with Gasteiger partial charge in [0, 0.05) is 4.48 Å². The van der Waals surface area contributed by atoms with E-state index in [1.165, 1.54) is 0 Å². The van der Waals surface area contributed by atoms with Gasteiger partial charge in [-0.15, -0.1) is 0 Å². The second-order valence-electron chi connectivity index (χ2n) is 2.52. The maximum absolute atomic E-state index is 5.30. The number of aryl methyl sites for hydroxylation is 1. The molecule has 0 saturated heterocycles. The minimum Gasteiger partial charge on any atom is -0.464 e. The summed E-state index contributed by atoms with van der Waals surface area (Å²) in [6.07, 6.45) is 0. The minimum atomic E-state index is 0.498. The van der Waals surface area contributed by atoms with Crippen LogP contribution in [0, 0.1) is 6.92 Å². The molecule has 0 amide bonds. The van der Waals surface area contributed by atoms with Crippen molar-refractivity contribution < 1.29 is 9.15 Å². The van der Waals surface area contributed by atoms with E-state index in [0.717, 1.165) is 16.0 Å². The molecule has 1 rings (SSSR count). The zero-order chi connectivity index (χ0) is 8.97. The molecule has 0 aliphatic carbocycles.